The van der Waals surface area contributed by atoms with Crippen LogP contribution in [0.2, 0.25) is 5.02 Å². The highest BCUT2D eigenvalue weighted by Gasteiger charge is 2.30. The molecule has 4 nitrogen and oxygen atoms in total. The Balaban J connectivity index is 3.21. The molecule has 0 aliphatic carbocycles. The van der Waals surface area contributed by atoms with Crippen molar-refractivity contribution >= 4 is 21.6 Å². The highest BCUT2D eigenvalue weighted by atomic mass is 35.5. The number of nitrogens with zero attached hydrogens (tertiary/aromatic N) is 1. The van der Waals surface area contributed by atoms with E-state index < -0.39 is 10.0 Å². The Morgan fingerprint density at radius 1 is 1.33 bits per heavy atom. The number of benzene rings is 1. The van der Waals surface area contributed by atoms with Crippen LogP contribution in [0.3, 0.4) is 0 Å². The molecule has 2 N–H and O–H groups in total. The predicted octanol–water partition coefficient (Wildman–Crippen LogP) is 3.03. The molecule has 0 unspecified atom stereocenters. The van der Waals surface area contributed by atoms with E-state index in [1.807, 2.05) is 20.8 Å². The summed E-state index contributed by atoms with van der Waals surface area (Å²) in [5, 5.41) is 0.538. The van der Waals surface area contributed by atoms with E-state index in [1.165, 1.54) is 4.31 Å². The van der Waals surface area contributed by atoms with Gasteiger partial charge in [0.25, 0.3) is 0 Å². The van der Waals surface area contributed by atoms with Crippen molar-refractivity contribution in [3.05, 3.63) is 28.8 Å². The maximum Gasteiger partial charge on any atom is 0.243 e. The summed E-state index contributed by atoms with van der Waals surface area (Å²) in [7, 11) is -3.53. The molecule has 0 heterocycles. The Labute approximate surface area is 133 Å². The van der Waals surface area contributed by atoms with Gasteiger partial charge in [-0.05, 0) is 49.1 Å². The average Bonchev–Trinajstić information content (AvgIpc) is 2.37. The van der Waals surface area contributed by atoms with E-state index in [1.54, 1.807) is 25.1 Å². The van der Waals surface area contributed by atoms with Crippen LogP contribution in [-0.2, 0) is 10.0 Å². The third-order valence-corrected chi connectivity index (χ3v) is 5.63. The van der Waals surface area contributed by atoms with Crippen LogP contribution < -0.4 is 5.73 Å². The molecule has 0 aromatic heterocycles. The number of halogens is 1. The minimum atomic E-state index is -3.53. The Morgan fingerprint density at radius 2 is 1.95 bits per heavy atom. The second-order valence-electron chi connectivity index (χ2n) is 6.12. The van der Waals surface area contributed by atoms with Crippen molar-refractivity contribution in [2.45, 2.75) is 39.0 Å². The molecular formula is C15H25ClN2O2S. The van der Waals surface area contributed by atoms with Crippen molar-refractivity contribution in [3.8, 4) is 0 Å². The highest BCUT2D eigenvalue weighted by Crippen LogP contribution is 2.26. The van der Waals surface area contributed by atoms with E-state index >= 15 is 0 Å². The third-order valence-electron chi connectivity index (χ3n) is 3.38. The summed E-state index contributed by atoms with van der Waals surface area (Å²) in [5.41, 5.74) is 6.14. The monoisotopic (exact) mass is 332 g/mol. The van der Waals surface area contributed by atoms with Crippen molar-refractivity contribution in [2.75, 3.05) is 19.6 Å². The van der Waals surface area contributed by atoms with Crippen LogP contribution in [0.15, 0.2) is 23.1 Å². The number of hydrogen-bond donors (Lipinski definition) is 1. The molecule has 1 rings (SSSR count). The zero-order chi connectivity index (χ0) is 16.3. The molecule has 6 heteroatoms. The number of rotatable bonds is 7. The van der Waals surface area contributed by atoms with E-state index in [-0.39, 0.29) is 5.41 Å². The van der Waals surface area contributed by atoms with Crippen LogP contribution in [0.1, 0.15) is 32.8 Å². The van der Waals surface area contributed by atoms with Gasteiger partial charge in [-0.25, -0.2) is 8.42 Å². The van der Waals surface area contributed by atoms with E-state index in [2.05, 4.69) is 0 Å². The lowest BCUT2D eigenvalue weighted by molar-refractivity contribution is 0.266. The molecule has 0 fully saturated rings. The number of aryl methyl sites for hydroxylation is 1. The maximum atomic E-state index is 12.9. The van der Waals surface area contributed by atoms with Gasteiger partial charge in [-0.3, -0.25) is 0 Å². The van der Waals surface area contributed by atoms with E-state index in [4.69, 9.17) is 17.3 Å². The van der Waals surface area contributed by atoms with E-state index in [0.29, 0.717) is 35.1 Å². The van der Waals surface area contributed by atoms with Gasteiger partial charge in [0.15, 0.2) is 0 Å². The number of sulfonamides is 1. The van der Waals surface area contributed by atoms with Crippen LogP contribution in [0, 0.1) is 12.3 Å². The normalized spacial score (nSPS) is 12.9. The zero-order valence-electron chi connectivity index (χ0n) is 13.2. The fourth-order valence-corrected chi connectivity index (χ4v) is 4.27. The van der Waals surface area contributed by atoms with Gasteiger partial charge in [0.05, 0.1) is 4.90 Å². The maximum absolute atomic E-state index is 12.9. The van der Waals surface area contributed by atoms with Gasteiger partial charge in [0.1, 0.15) is 0 Å². The summed E-state index contributed by atoms with van der Waals surface area (Å²) in [6, 6.07) is 4.86. The second kappa shape index (κ2) is 7.09. The minimum absolute atomic E-state index is 0.261. The summed E-state index contributed by atoms with van der Waals surface area (Å²) in [6.07, 6.45) is 0.756. The molecule has 1 aromatic rings. The number of hydrogen-bond acceptors (Lipinski definition) is 3. The lowest BCUT2D eigenvalue weighted by Crippen LogP contribution is -2.42. The zero-order valence-corrected chi connectivity index (χ0v) is 14.8. The van der Waals surface area contributed by atoms with Crippen molar-refractivity contribution in [1.29, 1.82) is 0 Å². The Morgan fingerprint density at radius 3 is 2.43 bits per heavy atom. The fraction of sp³-hybridized carbons (Fsp3) is 0.600. The lowest BCUT2D eigenvalue weighted by Gasteiger charge is -2.31. The molecule has 0 amide bonds. The molecule has 0 bridgehead atoms. The molecule has 0 atom stereocenters. The SMILES string of the molecule is CCCN(CC(C)(C)CN)S(=O)(=O)c1ccc(Cl)cc1C. The van der Waals surface area contributed by atoms with Gasteiger partial charge < -0.3 is 5.73 Å². The standard InChI is InChI=1S/C15H25ClN2O2S/c1-5-8-18(11-15(3,4)10-17)21(19,20)14-7-6-13(16)9-12(14)2/h6-7,9H,5,8,10-11,17H2,1-4H3. The number of nitrogens with two attached hydrogens (primary N) is 1. The van der Waals surface area contributed by atoms with Crippen LogP contribution >= 0.6 is 11.6 Å². The topological polar surface area (TPSA) is 63.4 Å². The quantitative estimate of drug-likeness (QED) is 0.834. The highest BCUT2D eigenvalue weighted by molar-refractivity contribution is 7.89. The molecule has 0 aliphatic rings. The molecule has 0 saturated carbocycles. The molecule has 21 heavy (non-hydrogen) atoms. The Bertz CT molecular complexity index is 585. The average molecular weight is 333 g/mol. The van der Waals surface area contributed by atoms with Crippen molar-refractivity contribution in [1.82, 2.24) is 4.31 Å². The van der Waals surface area contributed by atoms with Gasteiger partial charge in [-0.15, -0.1) is 0 Å². The largest absolute Gasteiger partial charge is 0.330 e. The second-order valence-corrected chi connectivity index (χ2v) is 8.46. The molecule has 0 saturated heterocycles. The molecule has 0 spiro atoms. The van der Waals surface area contributed by atoms with E-state index in [9.17, 15) is 8.42 Å². The first-order valence-electron chi connectivity index (χ1n) is 7.10. The van der Waals surface area contributed by atoms with Crippen molar-refractivity contribution in [2.24, 2.45) is 11.1 Å². The van der Waals surface area contributed by atoms with Gasteiger partial charge in [-0.1, -0.05) is 32.4 Å². The third kappa shape index (κ3) is 4.68. The van der Waals surface area contributed by atoms with E-state index in [0.717, 1.165) is 6.42 Å². The van der Waals surface area contributed by atoms with Crippen molar-refractivity contribution in [3.63, 3.8) is 0 Å². The molecule has 0 aliphatic heterocycles. The fourth-order valence-electron chi connectivity index (χ4n) is 2.12. The molecule has 1 aromatic carbocycles. The van der Waals surface area contributed by atoms with Crippen LogP contribution in [0.25, 0.3) is 0 Å². The summed E-state index contributed by atoms with van der Waals surface area (Å²) >= 11 is 5.91. The van der Waals surface area contributed by atoms with Crippen LogP contribution in [-0.4, -0.2) is 32.4 Å². The first kappa shape index (κ1) is 18.4. The molecule has 0 radical (unpaired) electrons. The van der Waals surface area contributed by atoms with Crippen LogP contribution in [0.5, 0.6) is 0 Å². The summed E-state index contributed by atoms with van der Waals surface area (Å²) in [4.78, 5) is 0.313. The summed E-state index contributed by atoms with van der Waals surface area (Å²) < 4.78 is 27.3. The Kier molecular flexibility index (Phi) is 6.23. The first-order valence-corrected chi connectivity index (χ1v) is 8.92. The summed E-state index contributed by atoms with van der Waals surface area (Å²) in [5.74, 6) is 0. The van der Waals surface area contributed by atoms with Gasteiger partial charge in [0, 0.05) is 18.1 Å². The van der Waals surface area contributed by atoms with Crippen LogP contribution in [0.4, 0.5) is 0 Å². The molecular weight excluding hydrogens is 308 g/mol. The summed E-state index contributed by atoms with van der Waals surface area (Å²) in [6.45, 7) is 8.99. The van der Waals surface area contributed by atoms with Gasteiger partial charge >= 0.3 is 0 Å². The predicted molar refractivity (Wildman–Crippen MR) is 88.1 cm³/mol. The lowest BCUT2D eigenvalue weighted by atomic mass is 9.94. The van der Waals surface area contributed by atoms with Gasteiger partial charge in [-0.2, -0.15) is 4.31 Å². The smallest absolute Gasteiger partial charge is 0.243 e. The minimum Gasteiger partial charge on any atom is -0.330 e. The Hall–Kier alpha value is -0.620. The van der Waals surface area contributed by atoms with Crippen molar-refractivity contribution < 1.29 is 8.42 Å². The van der Waals surface area contributed by atoms with Gasteiger partial charge in [0.2, 0.25) is 10.0 Å². The first-order chi connectivity index (χ1) is 9.64. The molecule has 120 valence electrons.